The van der Waals surface area contributed by atoms with Gasteiger partial charge in [0.05, 0.1) is 0 Å². The molecule has 0 amide bonds. The van der Waals surface area contributed by atoms with Crippen molar-refractivity contribution in [2.75, 3.05) is 5.32 Å². The van der Waals surface area contributed by atoms with Gasteiger partial charge in [-0.3, -0.25) is 0 Å². The van der Waals surface area contributed by atoms with E-state index in [0.717, 1.165) is 17.7 Å². The summed E-state index contributed by atoms with van der Waals surface area (Å²) >= 11 is 0. The fraction of sp³-hybridized carbons (Fsp3) is 0.556. The third-order valence-corrected chi connectivity index (χ3v) is 2.38. The highest BCUT2D eigenvalue weighted by atomic mass is 15.2. The van der Waals surface area contributed by atoms with E-state index in [2.05, 4.69) is 15.3 Å². The van der Waals surface area contributed by atoms with E-state index in [-0.39, 0.29) is 6.04 Å². The number of nitrogens with one attached hydrogen (secondary N) is 1. The minimum atomic E-state index is 0.283. The van der Waals surface area contributed by atoms with Gasteiger partial charge in [0.1, 0.15) is 0 Å². The molecule has 2 rings (SSSR count). The van der Waals surface area contributed by atoms with Crippen LogP contribution >= 0.6 is 0 Å². The van der Waals surface area contributed by atoms with E-state index in [1.54, 1.807) is 0 Å². The molecule has 3 N–H and O–H groups in total. The Balaban J connectivity index is 2.08. The van der Waals surface area contributed by atoms with Crippen LogP contribution in [-0.4, -0.2) is 22.1 Å². The van der Waals surface area contributed by atoms with Crippen molar-refractivity contribution < 1.29 is 0 Å². The van der Waals surface area contributed by atoms with Crippen LogP contribution in [0.15, 0.2) is 6.20 Å². The van der Waals surface area contributed by atoms with Gasteiger partial charge in [-0.1, -0.05) is 0 Å². The van der Waals surface area contributed by atoms with Crippen LogP contribution in [0.5, 0.6) is 0 Å². The second-order valence-corrected chi connectivity index (χ2v) is 3.61. The van der Waals surface area contributed by atoms with Crippen molar-refractivity contribution in [3.05, 3.63) is 17.5 Å². The van der Waals surface area contributed by atoms with E-state index in [0.29, 0.717) is 12.0 Å². The maximum absolute atomic E-state index is 5.66. The molecular formula is C9H14N4. The Hall–Kier alpha value is -1.16. The van der Waals surface area contributed by atoms with Gasteiger partial charge in [0.15, 0.2) is 0 Å². The summed E-state index contributed by atoms with van der Waals surface area (Å²) in [5, 5.41) is 3.19. The lowest BCUT2D eigenvalue weighted by atomic mass is 10.3. The second kappa shape index (κ2) is 2.96. The summed E-state index contributed by atoms with van der Waals surface area (Å²) < 4.78 is 0. The maximum atomic E-state index is 5.66. The molecule has 0 aromatic carbocycles. The molecule has 2 unspecified atom stereocenters. The van der Waals surface area contributed by atoms with Gasteiger partial charge in [0.25, 0.3) is 0 Å². The van der Waals surface area contributed by atoms with E-state index >= 15 is 0 Å². The molecule has 1 saturated carbocycles. The third-order valence-electron chi connectivity index (χ3n) is 2.38. The Bertz CT molecular complexity index is 323. The molecule has 0 aliphatic heterocycles. The highest BCUT2D eigenvalue weighted by molar-refractivity contribution is 5.32. The molecule has 4 nitrogen and oxygen atoms in total. The fourth-order valence-electron chi connectivity index (χ4n) is 1.14. The van der Waals surface area contributed by atoms with Crippen LogP contribution in [0.4, 0.5) is 5.95 Å². The van der Waals surface area contributed by atoms with Gasteiger partial charge in [-0.2, -0.15) is 0 Å². The molecule has 0 saturated heterocycles. The zero-order chi connectivity index (χ0) is 9.42. The number of aryl methyl sites for hydroxylation is 2. The fourth-order valence-corrected chi connectivity index (χ4v) is 1.14. The minimum absolute atomic E-state index is 0.283. The largest absolute Gasteiger partial charge is 0.350 e. The van der Waals surface area contributed by atoms with Crippen LogP contribution in [0.3, 0.4) is 0 Å². The van der Waals surface area contributed by atoms with Gasteiger partial charge >= 0.3 is 0 Å². The summed E-state index contributed by atoms with van der Waals surface area (Å²) in [6.07, 6.45) is 2.86. The van der Waals surface area contributed by atoms with Crippen molar-refractivity contribution in [1.82, 2.24) is 9.97 Å². The molecule has 13 heavy (non-hydrogen) atoms. The first kappa shape index (κ1) is 8.44. The van der Waals surface area contributed by atoms with Crippen LogP contribution in [-0.2, 0) is 0 Å². The molecule has 1 aliphatic carbocycles. The van der Waals surface area contributed by atoms with E-state index in [1.807, 2.05) is 20.0 Å². The summed E-state index contributed by atoms with van der Waals surface area (Å²) in [5.41, 5.74) is 7.80. The Kier molecular flexibility index (Phi) is 1.92. The summed E-state index contributed by atoms with van der Waals surface area (Å²) in [4.78, 5) is 8.49. The normalized spacial score (nSPS) is 25.8. The van der Waals surface area contributed by atoms with Crippen molar-refractivity contribution in [2.24, 2.45) is 5.73 Å². The van der Waals surface area contributed by atoms with Crippen molar-refractivity contribution in [3.8, 4) is 0 Å². The minimum Gasteiger partial charge on any atom is -0.350 e. The van der Waals surface area contributed by atoms with Gasteiger partial charge in [-0.25, -0.2) is 9.97 Å². The van der Waals surface area contributed by atoms with Crippen LogP contribution < -0.4 is 11.1 Å². The van der Waals surface area contributed by atoms with Crippen LogP contribution in [0, 0.1) is 13.8 Å². The zero-order valence-electron chi connectivity index (χ0n) is 7.91. The average Bonchev–Trinajstić information content (AvgIpc) is 2.75. The van der Waals surface area contributed by atoms with Crippen molar-refractivity contribution in [3.63, 3.8) is 0 Å². The molecule has 4 heteroatoms. The third kappa shape index (κ3) is 1.78. The van der Waals surface area contributed by atoms with Gasteiger partial charge < -0.3 is 11.1 Å². The monoisotopic (exact) mass is 178 g/mol. The van der Waals surface area contributed by atoms with Crippen molar-refractivity contribution in [1.29, 1.82) is 0 Å². The molecule has 1 aliphatic rings. The molecule has 0 spiro atoms. The van der Waals surface area contributed by atoms with Gasteiger partial charge in [0, 0.05) is 24.0 Å². The smallest absolute Gasteiger partial charge is 0.223 e. The topological polar surface area (TPSA) is 63.8 Å². The SMILES string of the molecule is Cc1cnc(NC2CC2N)nc1C. The van der Waals surface area contributed by atoms with E-state index < -0.39 is 0 Å². The second-order valence-electron chi connectivity index (χ2n) is 3.61. The Morgan fingerprint density at radius 2 is 2.23 bits per heavy atom. The average molecular weight is 178 g/mol. The van der Waals surface area contributed by atoms with E-state index in [4.69, 9.17) is 5.73 Å². The molecule has 1 fully saturated rings. The molecular weight excluding hydrogens is 164 g/mol. The summed E-state index contributed by atoms with van der Waals surface area (Å²) in [6, 6.07) is 0.660. The Morgan fingerprint density at radius 3 is 2.77 bits per heavy atom. The summed E-state index contributed by atoms with van der Waals surface area (Å²) in [5.74, 6) is 0.695. The first-order chi connectivity index (χ1) is 6.16. The summed E-state index contributed by atoms with van der Waals surface area (Å²) in [6.45, 7) is 3.98. The molecule has 1 aromatic heterocycles. The Labute approximate surface area is 77.6 Å². The molecule has 0 radical (unpaired) electrons. The van der Waals surface area contributed by atoms with Gasteiger partial charge in [-0.05, 0) is 25.8 Å². The van der Waals surface area contributed by atoms with Gasteiger partial charge in [-0.15, -0.1) is 0 Å². The number of anilines is 1. The number of nitrogens with two attached hydrogens (primary N) is 1. The summed E-state index contributed by atoms with van der Waals surface area (Å²) in [7, 11) is 0. The van der Waals surface area contributed by atoms with E-state index in [9.17, 15) is 0 Å². The first-order valence-electron chi connectivity index (χ1n) is 4.49. The van der Waals surface area contributed by atoms with Crippen molar-refractivity contribution >= 4 is 5.95 Å². The van der Waals surface area contributed by atoms with E-state index in [1.165, 1.54) is 0 Å². The number of rotatable bonds is 2. The number of nitrogens with zero attached hydrogens (tertiary/aromatic N) is 2. The molecule has 1 aromatic rings. The van der Waals surface area contributed by atoms with Crippen LogP contribution in [0.25, 0.3) is 0 Å². The Morgan fingerprint density at radius 1 is 1.54 bits per heavy atom. The highest BCUT2D eigenvalue weighted by Crippen LogP contribution is 2.21. The highest BCUT2D eigenvalue weighted by Gasteiger charge is 2.33. The number of hydrogen-bond donors (Lipinski definition) is 2. The predicted molar refractivity (Wildman–Crippen MR) is 51.5 cm³/mol. The van der Waals surface area contributed by atoms with Gasteiger partial charge in [0.2, 0.25) is 5.95 Å². The molecule has 2 atom stereocenters. The zero-order valence-corrected chi connectivity index (χ0v) is 7.91. The molecule has 70 valence electrons. The molecule has 0 bridgehead atoms. The first-order valence-corrected chi connectivity index (χ1v) is 4.49. The molecule has 1 heterocycles. The lowest BCUT2D eigenvalue weighted by Crippen LogP contribution is -2.15. The van der Waals surface area contributed by atoms with Crippen LogP contribution in [0.1, 0.15) is 17.7 Å². The van der Waals surface area contributed by atoms with Crippen molar-refractivity contribution in [2.45, 2.75) is 32.4 Å². The lowest BCUT2D eigenvalue weighted by molar-refractivity contribution is 0.962. The maximum Gasteiger partial charge on any atom is 0.223 e. The number of aromatic nitrogens is 2. The number of hydrogen-bond acceptors (Lipinski definition) is 4. The quantitative estimate of drug-likeness (QED) is 0.696. The van der Waals surface area contributed by atoms with Crippen LogP contribution in [0.2, 0.25) is 0 Å². The standard InChI is InChI=1S/C9H14N4/c1-5-4-11-9(12-6(5)2)13-8-3-7(8)10/h4,7-8H,3,10H2,1-2H3,(H,11,12,13). The lowest BCUT2D eigenvalue weighted by Gasteiger charge is -2.04. The predicted octanol–water partition coefficient (Wildman–Crippen LogP) is 0.605.